The summed E-state index contributed by atoms with van der Waals surface area (Å²) in [5.41, 5.74) is 0.968. The summed E-state index contributed by atoms with van der Waals surface area (Å²) in [6.07, 6.45) is 0.840. The van der Waals surface area contributed by atoms with E-state index in [4.69, 9.17) is 4.74 Å². The molecule has 4 nitrogen and oxygen atoms in total. The van der Waals surface area contributed by atoms with Crippen molar-refractivity contribution in [2.75, 3.05) is 20.2 Å². The smallest absolute Gasteiger partial charge is 0.234 e. The quantitative estimate of drug-likeness (QED) is 0.770. The molecule has 19 heavy (non-hydrogen) atoms. The minimum atomic E-state index is -0.179. The molecule has 0 saturated heterocycles. The van der Waals surface area contributed by atoms with Gasteiger partial charge in [-0.1, -0.05) is 18.2 Å². The maximum atomic E-state index is 11.6. The van der Waals surface area contributed by atoms with Crippen LogP contribution in [0, 0.1) is 0 Å². The van der Waals surface area contributed by atoms with Gasteiger partial charge in [0.05, 0.1) is 13.7 Å². The average molecular weight is 264 g/mol. The molecule has 0 radical (unpaired) electrons. The number of hydrogen-bond acceptors (Lipinski definition) is 3. The SMILES string of the molecule is COc1ccccc1CCNCC(=O)NC(C)(C)C. The Morgan fingerprint density at radius 3 is 2.58 bits per heavy atom. The molecular formula is C15H24N2O2. The fourth-order valence-corrected chi connectivity index (χ4v) is 1.80. The van der Waals surface area contributed by atoms with Crippen molar-refractivity contribution < 1.29 is 9.53 Å². The molecule has 1 aromatic carbocycles. The van der Waals surface area contributed by atoms with Gasteiger partial charge < -0.3 is 15.4 Å². The largest absolute Gasteiger partial charge is 0.496 e. The Labute approximate surface area is 115 Å². The number of amides is 1. The number of benzene rings is 1. The van der Waals surface area contributed by atoms with Gasteiger partial charge in [-0.2, -0.15) is 0 Å². The molecule has 106 valence electrons. The molecule has 0 aliphatic carbocycles. The lowest BCUT2D eigenvalue weighted by Crippen LogP contribution is -2.45. The van der Waals surface area contributed by atoms with Gasteiger partial charge in [-0.15, -0.1) is 0 Å². The highest BCUT2D eigenvalue weighted by Gasteiger charge is 2.12. The number of methoxy groups -OCH3 is 1. The first-order chi connectivity index (χ1) is 8.92. The molecule has 0 atom stereocenters. The van der Waals surface area contributed by atoms with E-state index in [9.17, 15) is 4.79 Å². The van der Waals surface area contributed by atoms with Crippen molar-refractivity contribution in [1.82, 2.24) is 10.6 Å². The first-order valence-corrected chi connectivity index (χ1v) is 6.56. The molecule has 2 N–H and O–H groups in total. The van der Waals surface area contributed by atoms with Crippen LogP contribution in [0.2, 0.25) is 0 Å². The van der Waals surface area contributed by atoms with Crippen LogP contribution < -0.4 is 15.4 Å². The van der Waals surface area contributed by atoms with Gasteiger partial charge in [0.25, 0.3) is 0 Å². The van der Waals surface area contributed by atoms with E-state index in [-0.39, 0.29) is 11.4 Å². The zero-order valence-corrected chi connectivity index (χ0v) is 12.2. The van der Waals surface area contributed by atoms with Crippen LogP contribution in [0.25, 0.3) is 0 Å². The summed E-state index contributed by atoms with van der Waals surface area (Å²) in [6.45, 7) is 7.00. The van der Waals surface area contributed by atoms with E-state index < -0.39 is 0 Å². The van der Waals surface area contributed by atoms with Gasteiger partial charge in [-0.05, 0) is 45.4 Å². The zero-order chi connectivity index (χ0) is 14.3. The lowest BCUT2D eigenvalue weighted by molar-refractivity contribution is -0.121. The second-order valence-corrected chi connectivity index (χ2v) is 5.54. The van der Waals surface area contributed by atoms with Gasteiger partial charge in [0.15, 0.2) is 0 Å². The second kappa shape index (κ2) is 7.14. The van der Waals surface area contributed by atoms with E-state index in [1.165, 1.54) is 0 Å². The molecule has 0 aliphatic rings. The molecule has 1 aromatic rings. The maximum Gasteiger partial charge on any atom is 0.234 e. The highest BCUT2D eigenvalue weighted by Crippen LogP contribution is 2.17. The van der Waals surface area contributed by atoms with Crippen LogP contribution in [0.15, 0.2) is 24.3 Å². The van der Waals surface area contributed by atoms with Crippen molar-refractivity contribution >= 4 is 5.91 Å². The first kappa shape index (κ1) is 15.5. The Morgan fingerprint density at radius 1 is 1.26 bits per heavy atom. The standard InChI is InChI=1S/C15H24N2O2/c1-15(2,3)17-14(18)11-16-10-9-12-7-5-6-8-13(12)19-4/h5-8,16H,9-11H2,1-4H3,(H,17,18). The van der Waals surface area contributed by atoms with E-state index in [1.54, 1.807) is 7.11 Å². The number of nitrogens with one attached hydrogen (secondary N) is 2. The topological polar surface area (TPSA) is 50.4 Å². The third-order valence-corrected chi connectivity index (χ3v) is 2.56. The predicted molar refractivity (Wildman–Crippen MR) is 77.5 cm³/mol. The van der Waals surface area contributed by atoms with Crippen LogP contribution in [0.5, 0.6) is 5.75 Å². The summed E-state index contributed by atoms with van der Waals surface area (Å²) in [5.74, 6) is 0.913. The number of hydrogen-bond donors (Lipinski definition) is 2. The molecule has 0 heterocycles. The Kier molecular flexibility index (Phi) is 5.83. The van der Waals surface area contributed by atoms with Crippen LogP contribution in [-0.4, -0.2) is 31.6 Å². The fraction of sp³-hybridized carbons (Fsp3) is 0.533. The van der Waals surface area contributed by atoms with Gasteiger partial charge in [-0.3, -0.25) is 4.79 Å². The number of rotatable bonds is 6. The predicted octanol–water partition coefficient (Wildman–Crippen LogP) is 1.74. The summed E-state index contributed by atoms with van der Waals surface area (Å²) in [7, 11) is 1.67. The van der Waals surface area contributed by atoms with Crippen molar-refractivity contribution in [2.45, 2.75) is 32.7 Å². The monoisotopic (exact) mass is 264 g/mol. The number of carbonyl (C=O) groups is 1. The van der Waals surface area contributed by atoms with Crippen LogP contribution in [0.1, 0.15) is 26.3 Å². The Balaban J connectivity index is 2.29. The van der Waals surface area contributed by atoms with Crippen molar-refractivity contribution in [3.05, 3.63) is 29.8 Å². The minimum absolute atomic E-state index is 0.0209. The van der Waals surface area contributed by atoms with E-state index in [1.807, 2.05) is 45.0 Å². The molecule has 1 rings (SSSR count). The molecular weight excluding hydrogens is 240 g/mol. The number of carbonyl (C=O) groups excluding carboxylic acids is 1. The number of para-hydroxylation sites is 1. The molecule has 0 bridgehead atoms. The Bertz CT molecular complexity index is 411. The summed E-state index contributed by atoms with van der Waals surface area (Å²) >= 11 is 0. The molecule has 0 fully saturated rings. The Morgan fingerprint density at radius 2 is 1.95 bits per heavy atom. The maximum absolute atomic E-state index is 11.6. The molecule has 0 aromatic heterocycles. The molecule has 0 aliphatic heterocycles. The van der Waals surface area contributed by atoms with E-state index >= 15 is 0 Å². The highest BCUT2D eigenvalue weighted by atomic mass is 16.5. The van der Waals surface area contributed by atoms with Crippen LogP contribution >= 0.6 is 0 Å². The summed E-state index contributed by atoms with van der Waals surface area (Å²) < 4.78 is 5.28. The molecule has 4 heteroatoms. The second-order valence-electron chi connectivity index (χ2n) is 5.54. The third kappa shape index (κ3) is 6.25. The number of ether oxygens (including phenoxy) is 1. The third-order valence-electron chi connectivity index (χ3n) is 2.56. The van der Waals surface area contributed by atoms with Crippen molar-refractivity contribution in [2.24, 2.45) is 0 Å². The van der Waals surface area contributed by atoms with Crippen molar-refractivity contribution in [3.63, 3.8) is 0 Å². The van der Waals surface area contributed by atoms with Gasteiger partial charge in [0, 0.05) is 5.54 Å². The van der Waals surface area contributed by atoms with Gasteiger partial charge in [0.1, 0.15) is 5.75 Å². The van der Waals surface area contributed by atoms with E-state index in [0.29, 0.717) is 6.54 Å². The van der Waals surface area contributed by atoms with Gasteiger partial charge in [-0.25, -0.2) is 0 Å². The minimum Gasteiger partial charge on any atom is -0.496 e. The first-order valence-electron chi connectivity index (χ1n) is 6.56. The van der Waals surface area contributed by atoms with Crippen LogP contribution in [-0.2, 0) is 11.2 Å². The molecule has 0 spiro atoms. The fourth-order valence-electron chi connectivity index (χ4n) is 1.80. The highest BCUT2D eigenvalue weighted by molar-refractivity contribution is 5.78. The van der Waals surface area contributed by atoms with E-state index in [0.717, 1.165) is 24.3 Å². The Hall–Kier alpha value is -1.55. The molecule has 1 amide bonds. The van der Waals surface area contributed by atoms with Gasteiger partial charge >= 0.3 is 0 Å². The van der Waals surface area contributed by atoms with Gasteiger partial charge in [0.2, 0.25) is 5.91 Å². The van der Waals surface area contributed by atoms with Crippen LogP contribution in [0.4, 0.5) is 0 Å². The summed E-state index contributed by atoms with van der Waals surface area (Å²) in [6, 6.07) is 7.92. The zero-order valence-electron chi connectivity index (χ0n) is 12.2. The lowest BCUT2D eigenvalue weighted by atomic mass is 10.1. The van der Waals surface area contributed by atoms with Crippen LogP contribution in [0.3, 0.4) is 0 Å². The molecule has 0 saturated carbocycles. The van der Waals surface area contributed by atoms with Crippen molar-refractivity contribution in [3.8, 4) is 5.75 Å². The van der Waals surface area contributed by atoms with E-state index in [2.05, 4.69) is 10.6 Å². The average Bonchev–Trinajstić information content (AvgIpc) is 2.33. The lowest BCUT2D eigenvalue weighted by Gasteiger charge is -2.20. The summed E-state index contributed by atoms with van der Waals surface area (Å²) in [5, 5.41) is 6.05. The molecule has 0 unspecified atom stereocenters. The summed E-state index contributed by atoms with van der Waals surface area (Å²) in [4.78, 5) is 11.6. The normalized spacial score (nSPS) is 11.2. The van der Waals surface area contributed by atoms with Crippen molar-refractivity contribution in [1.29, 1.82) is 0 Å².